The van der Waals surface area contributed by atoms with E-state index in [1.165, 1.54) is 18.7 Å². The Kier molecular flexibility index (Phi) is 13.2. The number of carboxylic acid groups (broad SMARTS) is 1. The van der Waals surface area contributed by atoms with Gasteiger partial charge in [-0.25, -0.2) is 9.59 Å². The summed E-state index contributed by atoms with van der Waals surface area (Å²) in [4.78, 5) is 78.5. The molecule has 0 bridgehead atoms. The highest BCUT2D eigenvalue weighted by atomic mass is 16.5. The molecule has 2 saturated heterocycles. The number of piperazine rings is 1. The Hall–Kier alpha value is -4.10. The van der Waals surface area contributed by atoms with Crippen LogP contribution >= 0.6 is 0 Å². The number of aliphatic carboxylic acids is 1. The van der Waals surface area contributed by atoms with E-state index in [9.17, 15) is 28.8 Å². The molecule has 2 aliphatic heterocycles. The predicted octanol–water partition coefficient (Wildman–Crippen LogP) is 2.08. The van der Waals surface area contributed by atoms with Gasteiger partial charge >= 0.3 is 17.9 Å². The first kappa shape index (κ1) is 35.4. The standard InChI is InChI=1S/C32H44N4O9/c1-4-28(40)44-21-32(2,3)29(41)30(42)36-16-6-5-10-24(36)31(43)45-25(13-17-35-18-14-33-15-19-35)22-8-7-9-23(20-22)34-26(37)11-12-27(38)39/h4,7-9,20,24-25,33H,1,5-6,10-19,21H2,2-3H3,(H,34,37)(H,38,39)/t24-,25+/m0/s1. The Balaban J connectivity index is 1.78. The predicted molar refractivity (Wildman–Crippen MR) is 164 cm³/mol. The molecule has 0 saturated carbocycles. The zero-order valence-electron chi connectivity index (χ0n) is 26.0. The maximum absolute atomic E-state index is 13.7. The van der Waals surface area contributed by atoms with E-state index in [0.29, 0.717) is 43.5 Å². The zero-order chi connectivity index (χ0) is 33.0. The van der Waals surface area contributed by atoms with Crippen molar-refractivity contribution in [1.82, 2.24) is 15.1 Å². The van der Waals surface area contributed by atoms with E-state index in [2.05, 4.69) is 22.1 Å². The van der Waals surface area contributed by atoms with Crippen LogP contribution in [0.2, 0.25) is 0 Å². The number of anilines is 1. The lowest BCUT2D eigenvalue weighted by atomic mass is 9.87. The first-order chi connectivity index (χ1) is 21.4. The highest BCUT2D eigenvalue weighted by Crippen LogP contribution is 2.29. The normalized spacial score (nSPS) is 17.9. The number of nitrogens with zero attached hydrogens (tertiary/aromatic N) is 2. The van der Waals surface area contributed by atoms with Crippen LogP contribution < -0.4 is 10.6 Å². The maximum atomic E-state index is 13.7. The van der Waals surface area contributed by atoms with Gasteiger partial charge < -0.3 is 35.0 Å². The van der Waals surface area contributed by atoms with Gasteiger partial charge in [-0.15, -0.1) is 0 Å². The number of piperidine rings is 1. The number of benzene rings is 1. The largest absolute Gasteiger partial charge is 0.481 e. The lowest BCUT2D eigenvalue weighted by Gasteiger charge is -2.36. The summed E-state index contributed by atoms with van der Waals surface area (Å²) in [6.07, 6.45) is 1.84. The summed E-state index contributed by atoms with van der Waals surface area (Å²) >= 11 is 0. The van der Waals surface area contributed by atoms with Gasteiger partial charge in [0, 0.05) is 63.9 Å². The molecule has 45 heavy (non-hydrogen) atoms. The van der Waals surface area contributed by atoms with Crippen LogP contribution in [-0.2, 0) is 38.2 Å². The molecule has 0 radical (unpaired) electrons. The van der Waals surface area contributed by atoms with Crippen molar-refractivity contribution in [1.29, 1.82) is 0 Å². The van der Waals surface area contributed by atoms with Crippen LogP contribution in [0.1, 0.15) is 64.0 Å². The van der Waals surface area contributed by atoms with Gasteiger partial charge in [0.15, 0.2) is 0 Å². The van der Waals surface area contributed by atoms with Gasteiger partial charge in [-0.05, 0) is 50.8 Å². The molecule has 3 rings (SSSR count). The smallest absolute Gasteiger partial charge is 0.330 e. The average Bonchev–Trinajstić information content (AvgIpc) is 3.04. The van der Waals surface area contributed by atoms with Crippen molar-refractivity contribution in [3.05, 3.63) is 42.5 Å². The van der Waals surface area contributed by atoms with Gasteiger partial charge in [0.2, 0.25) is 11.7 Å². The van der Waals surface area contributed by atoms with Crippen molar-refractivity contribution >= 4 is 41.2 Å². The van der Waals surface area contributed by atoms with E-state index in [1.807, 2.05) is 0 Å². The highest BCUT2D eigenvalue weighted by molar-refractivity contribution is 6.38. The molecule has 2 fully saturated rings. The number of carbonyl (C=O) groups excluding carboxylic acids is 5. The van der Waals surface area contributed by atoms with Crippen molar-refractivity contribution in [2.75, 3.05) is 51.2 Å². The summed E-state index contributed by atoms with van der Waals surface area (Å²) in [6.45, 7) is 10.2. The highest BCUT2D eigenvalue weighted by Gasteiger charge is 2.42. The summed E-state index contributed by atoms with van der Waals surface area (Å²) < 4.78 is 11.1. The third kappa shape index (κ3) is 10.8. The molecule has 2 amide bonds. The first-order valence-corrected chi connectivity index (χ1v) is 15.3. The van der Waals surface area contributed by atoms with E-state index in [1.54, 1.807) is 24.3 Å². The lowest BCUT2D eigenvalue weighted by molar-refractivity contribution is -0.165. The van der Waals surface area contributed by atoms with Crippen LogP contribution in [0.15, 0.2) is 36.9 Å². The van der Waals surface area contributed by atoms with Crippen LogP contribution in [0, 0.1) is 5.41 Å². The third-order valence-corrected chi connectivity index (χ3v) is 7.87. The Bertz CT molecular complexity index is 1260. The summed E-state index contributed by atoms with van der Waals surface area (Å²) in [5, 5.41) is 14.9. The number of Topliss-reactive ketones (excluding diaryl/α,β-unsaturated/α-hetero) is 1. The minimum Gasteiger partial charge on any atom is -0.481 e. The summed E-state index contributed by atoms with van der Waals surface area (Å²) in [5.41, 5.74) is -0.252. The van der Waals surface area contributed by atoms with Crippen molar-refractivity contribution in [2.45, 2.75) is 64.5 Å². The number of nitrogens with one attached hydrogen (secondary N) is 2. The minimum absolute atomic E-state index is 0.182. The van der Waals surface area contributed by atoms with E-state index in [-0.39, 0.29) is 26.0 Å². The summed E-state index contributed by atoms with van der Waals surface area (Å²) in [5.74, 6) is -4.48. The molecule has 2 atom stereocenters. The van der Waals surface area contributed by atoms with Gasteiger partial charge in [-0.3, -0.25) is 19.2 Å². The van der Waals surface area contributed by atoms with Crippen molar-refractivity contribution in [3.8, 4) is 0 Å². The lowest BCUT2D eigenvalue weighted by Crippen LogP contribution is -2.54. The Morgan fingerprint density at radius 2 is 1.84 bits per heavy atom. The fourth-order valence-electron chi connectivity index (χ4n) is 5.22. The number of amides is 2. The maximum Gasteiger partial charge on any atom is 0.330 e. The van der Waals surface area contributed by atoms with Crippen molar-refractivity contribution in [3.63, 3.8) is 0 Å². The number of ether oxygens (including phenoxy) is 2. The van der Waals surface area contributed by atoms with Gasteiger partial charge in [0.25, 0.3) is 5.91 Å². The molecular weight excluding hydrogens is 584 g/mol. The van der Waals surface area contributed by atoms with E-state index < -0.39 is 53.1 Å². The van der Waals surface area contributed by atoms with E-state index in [4.69, 9.17) is 14.6 Å². The molecule has 1 aromatic rings. The first-order valence-electron chi connectivity index (χ1n) is 15.3. The molecular formula is C32H44N4O9. The molecule has 246 valence electrons. The summed E-state index contributed by atoms with van der Waals surface area (Å²) in [7, 11) is 0. The fraction of sp³-hybridized carbons (Fsp3) is 0.562. The topological polar surface area (TPSA) is 172 Å². The Morgan fingerprint density at radius 1 is 1.11 bits per heavy atom. The third-order valence-electron chi connectivity index (χ3n) is 7.87. The molecule has 13 heteroatoms. The zero-order valence-corrected chi connectivity index (χ0v) is 26.0. The second-order valence-electron chi connectivity index (χ2n) is 11.9. The minimum atomic E-state index is -1.32. The molecule has 0 spiro atoms. The Morgan fingerprint density at radius 3 is 2.53 bits per heavy atom. The fourth-order valence-corrected chi connectivity index (χ4v) is 5.22. The second-order valence-corrected chi connectivity index (χ2v) is 11.9. The van der Waals surface area contributed by atoms with Gasteiger partial charge in [0.1, 0.15) is 18.8 Å². The summed E-state index contributed by atoms with van der Waals surface area (Å²) in [6, 6.07) is 5.88. The molecule has 13 nitrogen and oxygen atoms in total. The Labute approximate surface area is 263 Å². The second kappa shape index (κ2) is 16.8. The number of esters is 2. The molecule has 0 unspecified atom stereocenters. The average molecular weight is 629 g/mol. The quantitative estimate of drug-likeness (QED) is 0.148. The van der Waals surface area contributed by atoms with E-state index >= 15 is 0 Å². The number of likely N-dealkylation sites (tertiary alicyclic amines) is 1. The number of carbonyl (C=O) groups is 6. The number of ketones is 1. The molecule has 0 aromatic heterocycles. The molecule has 3 N–H and O–H groups in total. The molecule has 0 aliphatic carbocycles. The van der Waals surface area contributed by atoms with Crippen LogP contribution in [0.5, 0.6) is 0 Å². The van der Waals surface area contributed by atoms with Crippen molar-refractivity contribution in [2.24, 2.45) is 5.41 Å². The van der Waals surface area contributed by atoms with Gasteiger partial charge in [-0.1, -0.05) is 18.7 Å². The van der Waals surface area contributed by atoms with Crippen LogP contribution in [0.25, 0.3) is 0 Å². The molecule has 2 heterocycles. The van der Waals surface area contributed by atoms with E-state index in [0.717, 1.165) is 32.3 Å². The number of rotatable bonds is 15. The molecule has 1 aromatic carbocycles. The van der Waals surface area contributed by atoms with Crippen molar-refractivity contribution < 1.29 is 43.3 Å². The number of carboxylic acids is 1. The number of hydrogen-bond donors (Lipinski definition) is 3. The SMILES string of the molecule is C=CC(=O)OCC(C)(C)C(=O)C(=O)N1CCCC[C@H]1C(=O)O[C@H](CCN1CCNCC1)c1cccc(NC(=O)CCC(=O)O)c1. The number of hydrogen-bond acceptors (Lipinski definition) is 10. The van der Waals surface area contributed by atoms with Gasteiger partial charge in [-0.2, -0.15) is 0 Å². The van der Waals surface area contributed by atoms with Crippen LogP contribution in [0.4, 0.5) is 5.69 Å². The van der Waals surface area contributed by atoms with Crippen LogP contribution in [0.3, 0.4) is 0 Å². The van der Waals surface area contributed by atoms with Gasteiger partial charge in [0.05, 0.1) is 11.8 Å². The van der Waals surface area contributed by atoms with Crippen LogP contribution in [-0.4, -0.2) is 102 Å². The monoisotopic (exact) mass is 628 g/mol. The molecule has 2 aliphatic rings.